The molecule has 0 spiro atoms. The molecule has 1 aliphatic heterocycles. The van der Waals surface area contributed by atoms with Gasteiger partial charge in [0.15, 0.2) is 16.6 Å². The summed E-state index contributed by atoms with van der Waals surface area (Å²) < 4.78 is 12.4. The van der Waals surface area contributed by atoms with Crippen LogP contribution in [0.2, 0.25) is 5.02 Å². The van der Waals surface area contributed by atoms with E-state index in [0.717, 1.165) is 11.1 Å². The van der Waals surface area contributed by atoms with Crippen LogP contribution in [-0.4, -0.2) is 17.7 Å². The normalized spacial score (nSPS) is 18.6. The van der Waals surface area contributed by atoms with Crippen LogP contribution in [0.3, 0.4) is 0 Å². The van der Waals surface area contributed by atoms with Crippen molar-refractivity contribution in [3.8, 4) is 11.5 Å². The molecule has 6 heteroatoms. The molecule has 2 heterocycles. The van der Waals surface area contributed by atoms with E-state index in [1.165, 1.54) is 11.3 Å². The summed E-state index contributed by atoms with van der Waals surface area (Å²) in [5.74, 6) is 1.40. The lowest BCUT2D eigenvalue weighted by Gasteiger charge is -2.26. The third-order valence-corrected chi connectivity index (χ3v) is 3.89. The largest absolute Gasteiger partial charge is 0.484 e. The molecule has 1 unspecified atom stereocenters. The molecule has 17 heavy (non-hydrogen) atoms. The summed E-state index contributed by atoms with van der Waals surface area (Å²) >= 11 is 7.52. The van der Waals surface area contributed by atoms with Gasteiger partial charge >= 0.3 is 0 Å². The van der Waals surface area contributed by atoms with Crippen LogP contribution in [0, 0.1) is 0 Å². The summed E-state index contributed by atoms with van der Waals surface area (Å²) in [6.45, 7) is 2.61. The van der Waals surface area contributed by atoms with Crippen molar-refractivity contribution >= 4 is 38.3 Å². The van der Waals surface area contributed by atoms with Crippen LogP contribution in [-0.2, 0) is 0 Å². The van der Waals surface area contributed by atoms with Crippen LogP contribution in [0.15, 0.2) is 6.07 Å². The Morgan fingerprint density at radius 3 is 3.24 bits per heavy atom. The van der Waals surface area contributed by atoms with Gasteiger partial charge in [0.2, 0.25) is 0 Å². The first-order valence-corrected chi connectivity index (χ1v) is 6.56. The maximum Gasteiger partial charge on any atom is 0.181 e. The molecule has 0 bridgehead atoms. The second kappa shape index (κ2) is 3.92. The van der Waals surface area contributed by atoms with Gasteiger partial charge in [-0.15, -0.1) is 0 Å². The summed E-state index contributed by atoms with van der Waals surface area (Å²) in [6.07, 6.45) is 0.987. The SMILES string of the molecule is CCC1COc2c(cc(Cl)c3nc(N)sc23)O1. The van der Waals surface area contributed by atoms with Gasteiger partial charge in [-0.05, 0) is 6.42 Å². The summed E-state index contributed by atoms with van der Waals surface area (Å²) in [5, 5.41) is 1.03. The van der Waals surface area contributed by atoms with E-state index in [1.807, 2.05) is 0 Å². The molecule has 1 aliphatic rings. The van der Waals surface area contributed by atoms with Crippen LogP contribution in [0.1, 0.15) is 13.3 Å². The minimum absolute atomic E-state index is 0.0845. The van der Waals surface area contributed by atoms with E-state index in [4.69, 9.17) is 26.8 Å². The lowest BCUT2D eigenvalue weighted by Crippen LogP contribution is -2.28. The fourth-order valence-electron chi connectivity index (χ4n) is 1.83. The van der Waals surface area contributed by atoms with Crippen molar-refractivity contribution in [1.29, 1.82) is 0 Å². The number of hydrogen-bond donors (Lipinski definition) is 1. The standard InChI is InChI=1S/C11H11ClN2O2S/c1-2-5-4-15-9-7(16-5)3-6(12)8-10(9)17-11(13)14-8/h3,5H,2,4H2,1H3,(H2,13,14). The van der Waals surface area contributed by atoms with Gasteiger partial charge in [-0.25, -0.2) is 4.98 Å². The van der Waals surface area contributed by atoms with Crippen molar-refractivity contribution in [3.63, 3.8) is 0 Å². The Hall–Kier alpha value is -1.20. The van der Waals surface area contributed by atoms with Gasteiger partial charge in [0.05, 0.1) is 5.02 Å². The minimum atomic E-state index is 0.0845. The van der Waals surface area contributed by atoms with Crippen molar-refractivity contribution in [1.82, 2.24) is 4.98 Å². The Morgan fingerprint density at radius 1 is 1.65 bits per heavy atom. The van der Waals surface area contributed by atoms with Crippen LogP contribution in [0.4, 0.5) is 5.13 Å². The average molecular weight is 271 g/mol. The molecule has 0 saturated carbocycles. The molecular weight excluding hydrogens is 260 g/mol. The van der Waals surface area contributed by atoms with E-state index < -0.39 is 0 Å². The Labute approximate surface area is 107 Å². The highest BCUT2D eigenvalue weighted by molar-refractivity contribution is 7.22. The van der Waals surface area contributed by atoms with Crippen LogP contribution in [0.5, 0.6) is 11.5 Å². The van der Waals surface area contributed by atoms with Gasteiger partial charge in [-0.2, -0.15) is 0 Å². The van der Waals surface area contributed by atoms with Crippen molar-refractivity contribution in [2.75, 3.05) is 12.3 Å². The predicted octanol–water partition coefficient (Wildman–Crippen LogP) is 3.08. The van der Waals surface area contributed by atoms with Gasteiger partial charge < -0.3 is 15.2 Å². The molecule has 4 nitrogen and oxygen atoms in total. The third kappa shape index (κ3) is 1.70. The molecule has 0 saturated heterocycles. The molecule has 2 N–H and O–H groups in total. The fourth-order valence-corrected chi connectivity index (χ4v) is 2.97. The summed E-state index contributed by atoms with van der Waals surface area (Å²) in [7, 11) is 0. The fraction of sp³-hybridized carbons (Fsp3) is 0.364. The number of nitrogen functional groups attached to an aromatic ring is 1. The molecule has 2 aromatic rings. The van der Waals surface area contributed by atoms with E-state index in [9.17, 15) is 0 Å². The molecule has 0 radical (unpaired) electrons. The first-order valence-electron chi connectivity index (χ1n) is 5.37. The smallest absolute Gasteiger partial charge is 0.181 e. The predicted molar refractivity (Wildman–Crippen MR) is 69.2 cm³/mol. The quantitative estimate of drug-likeness (QED) is 0.865. The first kappa shape index (κ1) is 10.9. The highest BCUT2D eigenvalue weighted by Gasteiger charge is 2.24. The van der Waals surface area contributed by atoms with Gasteiger partial charge in [-0.3, -0.25) is 0 Å². The van der Waals surface area contributed by atoms with E-state index in [1.54, 1.807) is 6.07 Å². The molecular formula is C11H11ClN2O2S. The molecule has 90 valence electrons. The van der Waals surface area contributed by atoms with Gasteiger partial charge in [0.25, 0.3) is 0 Å². The number of rotatable bonds is 1. The number of fused-ring (bicyclic) bond motifs is 3. The lowest BCUT2D eigenvalue weighted by atomic mass is 10.2. The summed E-state index contributed by atoms with van der Waals surface area (Å²) in [5.41, 5.74) is 6.38. The number of ether oxygens (including phenoxy) is 2. The van der Waals surface area contributed by atoms with Gasteiger partial charge in [-0.1, -0.05) is 29.9 Å². The maximum absolute atomic E-state index is 6.15. The lowest BCUT2D eigenvalue weighted by molar-refractivity contribution is 0.0902. The zero-order valence-electron chi connectivity index (χ0n) is 9.20. The van der Waals surface area contributed by atoms with E-state index >= 15 is 0 Å². The molecule has 0 fully saturated rings. The topological polar surface area (TPSA) is 57.4 Å². The van der Waals surface area contributed by atoms with Gasteiger partial charge in [0.1, 0.15) is 22.9 Å². The molecule has 1 atom stereocenters. The Bertz CT molecular complexity index is 584. The van der Waals surface area contributed by atoms with E-state index in [-0.39, 0.29) is 6.10 Å². The Balaban J connectivity index is 2.20. The highest BCUT2D eigenvalue weighted by Crippen LogP contribution is 2.45. The first-order chi connectivity index (χ1) is 8.19. The molecule has 0 aliphatic carbocycles. The summed E-state index contributed by atoms with van der Waals surface area (Å²) in [4.78, 5) is 4.19. The number of hydrogen-bond acceptors (Lipinski definition) is 5. The number of aromatic nitrogens is 1. The monoisotopic (exact) mass is 270 g/mol. The Morgan fingerprint density at radius 2 is 2.47 bits per heavy atom. The molecule has 3 rings (SSSR count). The van der Waals surface area contributed by atoms with Crippen molar-refractivity contribution in [2.45, 2.75) is 19.4 Å². The number of anilines is 1. The number of benzene rings is 1. The minimum Gasteiger partial charge on any atom is -0.484 e. The Kier molecular flexibility index (Phi) is 2.52. The molecule has 1 aromatic heterocycles. The third-order valence-electron chi connectivity index (χ3n) is 2.72. The van der Waals surface area contributed by atoms with Crippen molar-refractivity contribution < 1.29 is 9.47 Å². The molecule has 1 aromatic carbocycles. The number of nitrogens with zero attached hydrogens (tertiary/aromatic N) is 1. The zero-order chi connectivity index (χ0) is 12.0. The van der Waals surface area contributed by atoms with E-state index in [2.05, 4.69) is 11.9 Å². The number of nitrogens with two attached hydrogens (primary N) is 1. The second-order valence-electron chi connectivity index (χ2n) is 3.87. The highest BCUT2D eigenvalue weighted by atomic mass is 35.5. The number of thiazole rings is 1. The molecule has 0 amide bonds. The van der Waals surface area contributed by atoms with Crippen molar-refractivity contribution in [2.24, 2.45) is 0 Å². The second-order valence-corrected chi connectivity index (χ2v) is 5.31. The number of halogens is 1. The zero-order valence-corrected chi connectivity index (χ0v) is 10.8. The van der Waals surface area contributed by atoms with Crippen LogP contribution >= 0.6 is 22.9 Å². The average Bonchev–Trinajstić information content (AvgIpc) is 2.71. The van der Waals surface area contributed by atoms with E-state index in [0.29, 0.717) is 33.8 Å². The maximum atomic E-state index is 6.15. The van der Waals surface area contributed by atoms with Crippen molar-refractivity contribution in [3.05, 3.63) is 11.1 Å². The van der Waals surface area contributed by atoms with Gasteiger partial charge in [0, 0.05) is 6.07 Å². The van der Waals surface area contributed by atoms with Crippen LogP contribution < -0.4 is 15.2 Å². The summed E-state index contributed by atoms with van der Waals surface area (Å²) in [6, 6.07) is 1.75. The van der Waals surface area contributed by atoms with Crippen LogP contribution in [0.25, 0.3) is 10.2 Å².